The van der Waals surface area contributed by atoms with Crippen LogP contribution in [-0.2, 0) is 21.1 Å². The molecule has 0 spiro atoms. The maximum atomic E-state index is 11.1. The SMILES string of the molecule is CC(=O)[C@H](C#N)[P@@](C)(=S)OCC(C)C. The predicted octanol–water partition coefficient (Wildman–Crippen LogP) is 2.16. The Labute approximate surface area is 90.5 Å². The van der Waals surface area contributed by atoms with E-state index in [4.69, 9.17) is 21.6 Å². The minimum absolute atomic E-state index is 0.193. The van der Waals surface area contributed by atoms with Crippen molar-refractivity contribution in [3.63, 3.8) is 0 Å². The summed E-state index contributed by atoms with van der Waals surface area (Å²) in [5.74, 6) is 0.172. The van der Waals surface area contributed by atoms with E-state index in [0.717, 1.165) is 0 Å². The van der Waals surface area contributed by atoms with Gasteiger partial charge in [-0.1, -0.05) is 25.7 Å². The highest BCUT2D eigenvalue weighted by Crippen LogP contribution is 2.48. The van der Waals surface area contributed by atoms with E-state index in [2.05, 4.69) is 0 Å². The van der Waals surface area contributed by atoms with Crippen LogP contribution in [0.2, 0.25) is 0 Å². The summed E-state index contributed by atoms with van der Waals surface area (Å²) in [5, 5.41) is 8.81. The fourth-order valence-electron chi connectivity index (χ4n) is 0.898. The molecule has 0 N–H and O–H groups in total. The third kappa shape index (κ3) is 4.32. The average molecular weight is 233 g/mol. The maximum absolute atomic E-state index is 11.1. The summed E-state index contributed by atoms with van der Waals surface area (Å²) in [5.41, 5.74) is -0.753. The lowest BCUT2D eigenvalue weighted by Gasteiger charge is -2.21. The molecule has 0 fully saturated rings. The van der Waals surface area contributed by atoms with Crippen molar-refractivity contribution in [2.24, 2.45) is 5.92 Å². The number of ketones is 1. The van der Waals surface area contributed by atoms with Crippen LogP contribution < -0.4 is 0 Å². The number of carbonyl (C=O) groups is 1. The largest absolute Gasteiger partial charge is 0.349 e. The van der Waals surface area contributed by atoms with Crippen LogP contribution in [0.1, 0.15) is 20.8 Å². The quantitative estimate of drug-likeness (QED) is 0.683. The molecule has 0 aromatic heterocycles. The zero-order chi connectivity index (χ0) is 11.4. The van der Waals surface area contributed by atoms with Gasteiger partial charge in [-0.25, -0.2) is 0 Å². The summed E-state index contributed by atoms with van der Waals surface area (Å²) in [7, 11) is 0. The van der Waals surface area contributed by atoms with Gasteiger partial charge in [0.15, 0.2) is 11.4 Å². The highest BCUT2D eigenvalue weighted by atomic mass is 32.4. The second kappa shape index (κ2) is 5.60. The summed E-state index contributed by atoms with van der Waals surface area (Å²) in [6, 6.07) is 1.94. The van der Waals surface area contributed by atoms with Gasteiger partial charge < -0.3 is 4.52 Å². The molecule has 0 bridgehead atoms. The molecule has 0 aromatic rings. The molecular weight excluding hydrogens is 217 g/mol. The Bertz CT molecular complexity index is 296. The first kappa shape index (κ1) is 13.8. The van der Waals surface area contributed by atoms with Crippen molar-refractivity contribution < 1.29 is 9.32 Å². The van der Waals surface area contributed by atoms with Crippen molar-refractivity contribution in [1.82, 2.24) is 0 Å². The fourth-order valence-corrected chi connectivity index (χ4v) is 3.28. The van der Waals surface area contributed by atoms with Crippen molar-refractivity contribution in [3.8, 4) is 6.07 Å². The Morgan fingerprint density at radius 2 is 2.14 bits per heavy atom. The Kier molecular flexibility index (Phi) is 5.51. The van der Waals surface area contributed by atoms with E-state index in [-0.39, 0.29) is 5.78 Å². The second-order valence-electron chi connectivity index (χ2n) is 3.74. The van der Waals surface area contributed by atoms with E-state index in [1.807, 2.05) is 19.9 Å². The van der Waals surface area contributed by atoms with Crippen LogP contribution in [0.15, 0.2) is 0 Å². The van der Waals surface area contributed by atoms with E-state index in [0.29, 0.717) is 12.5 Å². The van der Waals surface area contributed by atoms with Crippen LogP contribution in [0, 0.1) is 17.2 Å². The van der Waals surface area contributed by atoms with E-state index >= 15 is 0 Å². The first-order valence-corrected chi connectivity index (χ1v) is 7.66. The Balaban J connectivity index is 4.52. The molecular formula is C9H16NO2PS. The van der Waals surface area contributed by atoms with Gasteiger partial charge in [-0.05, 0) is 19.5 Å². The van der Waals surface area contributed by atoms with Crippen molar-refractivity contribution in [2.45, 2.75) is 26.4 Å². The van der Waals surface area contributed by atoms with Crippen molar-refractivity contribution in [1.29, 1.82) is 5.26 Å². The number of hydrogen-bond acceptors (Lipinski definition) is 4. The van der Waals surface area contributed by atoms with Gasteiger partial charge in [0.05, 0.1) is 18.9 Å². The van der Waals surface area contributed by atoms with Crippen LogP contribution in [0.25, 0.3) is 0 Å². The monoisotopic (exact) mass is 233 g/mol. The molecule has 0 radical (unpaired) electrons. The van der Waals surface area contributed by atoms with Crippen molar-refractivity contribution in [3.05, 3.63) is 0 Å². The van der Waals surface area contributed by atoms with Gasteiger partial charge in [0.1, 0.15) is 0 Å². The molecule has 0 saturated heterocycles. The van der Waals surface area contributed by atoms with Crippen LogP contribution in [0.4, 0.5) is 0 Å². The van der Waals surface area contributed by atoms with Crippen LogP contribution in [0.5, 0.6) is 0 Å². The number of Topliss-reactive ketones (excluding diaryl/α,β-unsaturated/α-hetero) is 1. The van der Waals surface area contributed by atoms with Gasteiger partial charge in [-0.3, -0.25) is 4.79 Å². The van der Waals surface area contributed by atoms with Crippen LogP contribution in [0.3, 0.4) is 0 Å². The van der Waals surface area contributed by atoms with Gasteiger partial charge in [0, 0.05) is 0 Å². The first-order valence-electron chi connectivity index (χ1n) is 4.43. The molecule has 5 heteroatoms. The molecule has 3 nitrogen and oxygen atoms in total. The summed E-state index contributed by atoms with van der Waals surface area (Å²) < 4.78 is 5.49. The van der Waals surface area contributed by atoms with Gasteiger partial charge in [-0.15, -0.1) is 0 Å². The molecule has 80 valence electrons. The highest BCUT2D eigenvalue weighted by molar-refractivity contribution is 8.12. The lowest BCUT2D eigenvalue weighted by molar-refractivity contribution is -0.115. The summed E-state index contributed by atoms with van der Waals surface area (Å²) in [6.45, 7) is 7.62. The number of rotatable bonds is 5. The first-order chi connectivity index (χ1) is 6.31. The molecule has 0 aromatic carbocycles. The minimum Gasteiger partial charge on any atom is -0.349 e. The van der Waals surface area contributed by atoms with E-state index < -0.39 is 11.9 Å². The van der Waals surface area contributed by atoms with Gasteiger partial charge in [0.2, 0.25) is 0 Å². The lowest BCUT2D eigenvalue weighted by Crippen LogP contribution is -2.17. The minimum atomic E-state index is -2.29. The molecule has 14 heavy (non-hydrogen) atoms. The highest BCUT2D eigenvalue weighted by Gasteiger charge is 2.28. The molecule has 0 amide bonds. The lowest BCUT2D eigenvalue weighted by atomic mass is 10.2. The van der Waals surface area contributed by atoms with Crippen LogP contribution in [-0.4, -0.2) is 24.7 Å². The summed E-state index contributed by atoms with van der Waals surface area (Å²) >= 11 is 5.20. The standard InChI is InChI=1S/C9H16NO2PS/c1-7(2)6-12-13(4,14)9(5-10)8(3)11/h7,9H,6H2,1-4H3/t9-,13+/m0/s1. The zero-order valence-electron chi connectivity index (χ0n) is 8.98. The predicted molar refractivity (Wildman–Crippen MR) is 61.1 cm³/mol. The Hall–Kier alpha value is -0.230. The van der Waals surface area contributed by atoms with E-state index in [9.17, 15) is 4.79 Å². The fraction of sp³-hybridized carbons (Fsp3) is 0.778. The van der Waals surface area contributed by atoms with Crippen LogP contribution >= 0.6 is 6.26 Å². The topological polar surface area (TPSA) is 50.1 Å². The zero-order valence-corrected chi connectivity index (χ0v) is 10.7. The Morgan fingerprint density at radius 1 is 1.64 bits per heavy atom. The molecule has 0 rings (SSSR count). The Morgan fingerprint density at radius 3 is 2.43 bits per heavy atom. The number of hydrogen-bond donors (Lipinski definition) is 0. The third-order valence-electron chi connectivity index (χ3n) is 1.64. The van der Waals surface area contributed by atoms with Gasteiger partial charge in [-0.2, -0.15) is 5.26 Å². The summed E-state index contributed by atoms with van der Waals surface area (Å²) in [6.07, 6.45) is -2.29. The second-order valence-corrected chi connectivity index (χ2v) is 8.51. The van der Waals surface area contributed by atoms with Crippen molar-refractivity contribution in [2.75, 3.05) is 13.3 Å². The van der Waals surface area contributed by atoms with Gasteiger partial charge >= 0.3 is 0 Å². The molecule has 0 heterocycles. The number of nitriles is 1. The molecule has 0 aliphatic heterocycles. The molecule has 0 aliphatic rings. The number of nitrogens with zero attached hydrogens (tertiary/aromatic N) is 1. The third-order valence-corrected chi connectivity index (χ3v) is 4.67. The van der Waals surface area contributed by atoms with E-state index in [1.165, 1.54) is 6.92 Å². The van der Waals surface area contributed by atoms with Crippen molar-refractivity contribution >= 4 is 23.9 Å². The molecule has 2 atom stereocenters. The van der Waals surface area contributed by atoms with Gasteiger partial charge in [0.25, 0.3) is 0 Å². The maximum Gasteiger partial charge on any atom is 0.155 e. The smallest absolute Gasteiger partial charge is 0.155 e. The van der Waals surface area contributed by atoms with E-state index in [1.54, 1.807) is 6.66 Å². The molecule has 0 saturated carbocycles. The molecule has 0 unspecified atom stereocenters. The molecule has 0 aliphatic carbocycles. The number of carbonyl (C=O) groups excluding carboxylic acids is 1. The average Bonchev–Trinajstić information content (AvgIpc) is 2.01. The summed E-state index contributed by atoms with van der Waals surface area (Å²) in [4.78, 5) is 11.1. The normalized spacial score (nSPS) is 17.1.